The first kappa shape index (κ1) is 17.8. The summed E-state index contributed by atoms with van der Waals surface area (Å²) in [5.41, 5.74) is 0.992. The van der Waals surface area contributed by atoms with E-state index in [9.17, 15) is 4.57 Å². The molecule has 20 heavy (non-hydrogen) atoms. The van der Waals surface area contributed by atoms with Gasteiger partial charge in [0.15, 0.2) is 0 Å². The number of halogens is 1. The number of hydrogen-bond acceptors (Lipinski definition) is 4. The minimum Gasteiger partial charge on any atom is -0.296 e. The summed E-state index contributed by atoms with van der Waals surface area (Å²) in [5, 5.41) is 0.603. The van der Waals surface area contributed by atoms with E-state index in [1.165, 1.54) is 4.83 Å². The van der Waals surface area contributed by atoms with Crippen molar-refractivity contribution in [2.24, 2.45) is 0 Å². The van der Waals surface area contributed by atoms with Gasteiger partial charge in [-0.2, -0.15) is 0 Å². The highest BCUT2D eigenvalue weighted by molar-refractivity contribution is 9.09. The lowest BCUT2D eigenvalue weighted by Gasteiger charge is -2.28. The Morgan fingerprint density at radius 2 is 1.75 bits per heavy atom. The zero-order valence-corrected chi connectivity index (χ0v) is 14.3. The maximum absolute atomic E-state index is 12.7. The van der Waals surface area contributed by atoms with Gasteiger partial charge in [-0.1, -0.05) is 51.1 Å². The minimum absolute atomic E-state index is 0.296. The van der Waals surface area contributed by atoms with Gasteiger partial charge in [0, 0.05) is 11.9 Å². The smallest absolute Gasteiger partial charge is 0.296 e. The van der Waals surface area contributed by atoms with E-state index >= 15 is 0 Å². The SMILES string of the molecule is CCOP(=O)(OCC)N(CCBr)OCc1ccccc1. The average molecular weight is 366 g/mol. The highest BCUT2D eigenvalue weighted by Gasteiger charge is 2.34. The van der Waals surface area contributed by atoms with Crippen LogP contribution in [0.2, 0.25) is 0 Å². The van der Waals surface area contributed by atoms with Gasteiger partial charge in [0.05, 0.1) is 19.8 Å². The second-order valence-corrected chi connectivity index (χ2v) is 6.52. The molecule has 0 amide bonds. The lowest BCUT2D eigenvalue weighted by molar-refractivity contribution is -0.117. The molecule has 1 rings (SSSR count). The summed E-state index contributed by atoms with van der Waals surface area (Å²) in [5.74, 6) is 0. The molecule has 7 heteroatoms. The summed E-state index contributed by atoms with van der Waals surface area (Å²) in [4.78, 5) is 6.94. The maximum Gasteiger partial charge on any atom is 0.431 e. The van der Waals surface area contributed by atoms with Crippen molar-refractivity contribution in [1.82, 2.24) is 4.83 Å². The average Bonchev–Trinajstić information content (AvgIpc) is 2.45. The number of nitrogens with zero attached hydrogens (tertiary/aromatic N) is 1. The van der Waals surface area contributed by atoms with Crippen LogP contribution in [0.1, 0.15) is 19.4 Å². The Bertz CT molecular complexity index is 408. The molecule has 0 atom stereocenters. The zero-order valence-electron chi connectivity index (χ0n) is 11.8. The molecule has 0 radical (unpaired) electrons. The van der Waals surface area contributed by atoms with Gasteiger partial charge in [-0.3, -0.25) is 13.9 Å². The molecule has 0 N–H and O–H groups in total. The molecule has 0 spiro atoms. The van der Waals surface area contributed by atoms with E-state index in [-0.39, 0.29) is 0 Å². The quantitative estimate of drug-likeness (QED) is 0.356. The number of rotatable bonds is 10. The molecular formula is C13H21BrNO4P. The molecular weight excluding hydrogens is 345 g/mol. The highest BCUT2D eigenvalue weighted by atomic mass is 79.9. The van der Waals surface area contributed by atoms with Crippen molar-refractivity contribution in [3.8, 4) is 0 Å². The van der Waals surface area contributed by atoms with E-state index in [1.54, 1.807) is 13.8 Å². The van der Waals surface area contributed by atoms with Crippen molar-refractivity contribution < 1.29 is 18.5 Å². The fourth-order valence-corrected chi connectivity index (χ4v) is 3.67. The fourth-order valence-electron chi connectivity index (χ4n) is 1.55. The normalized spacial score (nSPS) is 12.0. The topological polar surface area (TPSA) is 48.0 Å². The van der Waals surface area contributed by atoms with Gasteiger partial charge in [-0.15, -0.1) is 0 Å². The molecule has 0 aromatic heterocycles. The molecule has 1 aromatic rings. The van der Waals surface area contributed by atoms with Gasteiger partial charge in [-0.05, 0) is 19.4 Å². The third-order valence-corrected chi connectivity index (χ3v) is 4.74. The van der Waals surface area contributed by atoms with Crippen molar-refractivity contribution in [3.05, 3.63) is 35.9 Å². The summed E-state index contributed by atoms with van der Waals surface area (Å²) >= 11 is 3.32. The predicted octanol–water partition coefficient (Wildman–Crippen LogP) is 4.00. The molecule has 5 nitrogen and oxygen atoms in total. The molecule has 114 valence electrons. The molecule has 0 fully saturated rings. The first-order valence-corrected chi connectivity index (χ1v) is 9.18. The molecule has 0 aliphatic heterocycles. The number of hydrogen-bond donors (Lipinski definition) is 0. The highest BCUT2D eigenvalue weighted by Crippen LogP contribution is 2.52. The second kappa shape index (κ2) is 9.66. The van der Waals surface area contributed by atoms with E-state index in [0.717, 1.165) is 5.56 Å². The van der Waals surface area contributed by atoms with Crippen LogP contribution in [0.15, 0.2) is 30.3 Å². The predicted molar refractivity (Wildman–Crippen MR) is 82.6 cm³/mol. The van der Waals surface area contributed by atoms with E-state index < -0.39 is 7.75 Å². The van der Waals surface area contributed by atoms with Crippen LogP contribution in [0, 0.1) is 0 Å². The summed E-state index contributed by atoms with van der Waals surface area (Å²) < 4.78 is 23.2. The van der Waals surface area contributed by atoms with Gasteiger partial charge in [-0.25, -0.2) is 4.57 Å². The lowest BCUT2D eigenvalue weighted by Crippen LogP contribution is -2.25. The molecule has 0 aliphatic rings. The van der Waals surface area contributed by atoms with E-state index in [4.69, 9.17) is 13.9 Å². The molecule has 0 saturated heterocycles. The van der Waals surface area contributed by atoms with Gasteiger partial charge in [0.25, 0.3) is 0 Å². The Morgan fingerprint density at radius 3 is 2.25 bits per heavy atom. The van der Waals surface area contributed by atoms with Crippen molar-refractivity contribution in [1.29, 1.82) is 0 Å². The first-order valence-electron chi connectivity index (χ1n) is 6.56. The molecule has 0 heterocycles. The standard InChI is InChI=1S/C13H21BrNO4P/c1-3-18-20(16,19-4-2)15(11-10-14)17-12-13-8-6-5-7-9-13/h5-9H,3-4,10-12H2,1-2H3. The number of alkyl halides is 1. The van der Waals surface area contributed by atoms with Crippen molar-refractivity contribution in [3.63, 3.8) is 0 Å². The fraction of sp³-hybridized carbons (Fsp3) is 0.538. The third-order valence-electron chi connectivity index (χ3n) is 2.36. The van der Waals surface area contributed by atoms with E-state index in [2.05, 4.69) is 15.9 Å². The Kier molecular flexibility index (Phi) is 8.61. The minimum atomic E-state index is -3.40. The van der Waals surface area contributed by atoms with Gasteiger partial charge in [0.2, 0.25) is 0 Å². The first-order chi connectivity index (χ1) is 9.66. The molecule has 0 saturated carbocycles. The summed E-state index contributed by atoms with van der Waals surface area (Å²) in [6, 6.07) is 9.68. The summed E-state index contributed by atoms with van der Waals surface area (Å²) in [6.07, 6.45) is 0. The summed E-state index contributed by atoms with van der Waals surface area (Å²) in [7, 11) is -3.40. The van der Waals surface area contributed by atoms with Crippen LogP contribution in [-0.4, -0.2) is 29.9 Å². The largest absolute Gasteiger partial charge is 0.431 e. The molecule has 0 bridgehead atoms. The van der Waals surface area contributed by atoms with Crippen LogP contribution < -0.4 is 0 Å². The van der Waals surface area contributed by atoms with Crippen LogP contribution in [0.25, 0.3) is 0 Å². The van der Waals surface area contributed by atoms with Gasteiger partial charge < -0.3 is 0 Å². The summed E-state index contributed by atoms with van der Waals surface area (Å²) in [6.45, 7) is 4.86. The van der Waals surface area contributed by atoms with E-state index in [1.807, 2.05) is 30.3 Å². The van der Waals surface area contributed by atoms with Gasteiger partial charge >= 0.3 is 7.75 Å². The monoisotopic (exact) mass is 365 g/mol. The Morgan fingerprint density at radius 1 is 1.15 bits per heavy atom. The number of benzene rings is 1. The van der Waals surface area contributed by atoms with E-state index in [0.29, 0.717) is 31.7 Å². The Balaban J connectivity index is 2.73. The van der Waals surface area contributed by atoms with Crippen LogP contribution in [-0.2, 0) is 25.1 Å². The maximum atomic E-state index is 12.7. The van der Waals surface area contributed by atoms with Crippen molar-refractivity contribution >= 4 is 23.7 Å². The van der Waals surface area contributed by atoms with Crippen molar-refractivity contribution in [2.75, 3.05) is 25.1 Å². The van der Waals surface area contributed by atoms with Crippen LogP contribution in [0.5, 0.6) is 0 Å². The van der Waals surface area contributed by atoms with Crippen molar-refractivity contribution in [2.45, 2.75) is 20.5 Å². The van der Waals surface area contributed by atoms with Gasteiger partial charge in [0.1, 0.15) is 0 Å². The van der Waals surface area contributed by atoms with Crippen LogP contribution in [0.4, 0.5) is 0 Å². The lowest BCUT2D eigenvalue weighted by atomic mass is 10.2. The second-order valence-electron chi connectivity index (χ2n) is 3.83. The number of hydroxylamine groups is 1. The molecule has 0 unspecified atom stereocenters. The Labute approximate surface area is 128 Å². The molecule has 1 aromatic carbocycles. The Hall–Kier alpha value is -0.230. The van der Waals surface area contributed by atoms with Crippen LogP contribution in [0.3, 0.4) is 0 Å². The third kappa shape index (κ3) is 5.64. The zero-order chi connectivity index (χ0) is 14.8. The van der Waals surface area contributed by atoms with Crippen LogP contribution >= 0.6 is 23.7 Å². The molecule has 0 aliphatic carbocycles.